The molecule has 168 valence electrons. The molecule has 3 heterocycles. The van der Waals surface area contributed by atoms with Gasteiger partial charge in [0.1, 0.15) is 11.2 Å². The molecule has 3 unspecified atom stereocenters. The van der Waals surface area contributed by atoms with Crippen LogP contribution < -0.4 is 5.32 Å². The maximum Gasteiger partial charge on any atom is 0.271 e. The van der Waals surface area contributed by atoms with Gasteiger partial charge in [0.2, 0.25) is 5.91 Å². The summed E-state index contributed by atoms with van der Waals surface area (Å²) < 4.78 is 8.43. The summed E-state index contributed by atoms with van der Waals surface area (Å²) in [5, 5.41) is 3.31. The number of amides is 2. The van der Waals surface area contributed by atoms with Gasteiger partial charge in [-0.15, -0.1) is 0 Å². The zero-order valence-electron chi connectivity index (χ0n) is 18.4. The number of rotatable bonds is 4. The Hall–Kier alpha value is -2.54. The lowest BCUT2D eigenvalue weighted by Crippen LogP contribution is -2.65. The van der Waals surface area contributed by atoms with Crippen LogP contribution in [0.2, 0.25) is 0 Å². The molecule has 1 aliphatic carbocycles. The molecule has 1 aromatic carbocycles. The van der Waals surface area contributed by atoms with Gasteiger partial charge in [-0.25, -0.2) is 0 Å². The van der Waals surface area contributed by atoms with Gasteiger partial charge in [-0.05, 0) is 43.4 Å². The molecule has 0 saturated heterocycles. The summed E-state index contributed by atoms with van der Waals surface area (Å²) in [5.74, 6) is 0.199. The number of fused-ring (bicyclic) bond motifs is 3. The fraction of sp³-hybridized carbons (Fsp3) is 0.440. The zero-order valence-corrected chi connectivity index (χ0v) is 20.0. The van der Waals surface area contributed by atoms with Crippen molar-refractivity contribution in [3.8, 4) is 0 Å². The van der Waals surface area contributed by atoms with Crippen LogP contribution >= 0.6 is 15.9 Å². The van der Waals surface area contributed by atoms with Crippen LogP contribution in [0.15, 0.2) is 51.6 Å². The van der Waals surface area contributed by atoms with Gasteiger partial charge in [0, 0.05) is 29.2 Å². The molecule has 7 heteroatoms. The number of hydrogen-bond donors (Lipinski definition) is 1. The number of carbonyl (C=O) groups is 2. The van der Waals surface area contributed by atoms with Crippen LogP contribution in [-0.4, -0.2) is 32.9 Å². The number of aromatic nitrogens is 1. The molecule has 2 aliphatic rings. The molecule has 6 nitrogen and oxygen atoms in total. The first-order chi connectivity index (χ1) is 15.4. The molecule has 1 saturated carbocycles. The van der Waals surface area contributed by atoms with Crippen molar-refractivity contribution >= 4 is 38.8 Å². The number of benzene rings is 1. The second-order valence-corrected chi connectivity index (χ2v) is 10.3. The molecule has 0 spiro atoms. The maximum absolute atomic E-state index is 13.8. The lowest BCUT2D eigenvalue weighted by molar-refractivity contribution is -0.134. The Balaban J connectivity index is 1.53. The summed E-state index contributed by atoms with van der Waals surface area (Å²) >= 11 is 3.52. The smallest absolute Gasteiger partial charge is 0.271 e. The highest BCUT2D eigenvalue weighted by Crippen LogP contribution is 2.35. The van der Waals surface area contributed by atoms with Crippen LogP contribution in [0.1, 0.15) is 55.6 Å². The quantitative estimate of drug-likeness (QED) is 0.544. The second kappa shape index (κ2) is 8.10. The first kappa shape index (κ1) is 21.3. The minimum Gasteiger partial charge on any atom is -0.463 e. The van der Waals surface area contributed by atoms with Crippen molar-refractivity contribution in [2.45, 2.75) is 64.2 Å². The minimum atomic E-state index is -1.02. The Morgan fingerprint density at radius 2 is 2.06 bits per heavy atom. The highest BCUT2D eigenvalue weighted by molar-refractivity contribution is 9.10. The zero-order chi connectivity index (χ0) is 22.5. The molecular weight excluding hydrogens is 470 g/mol. The molecule has 1 aliphatic heterocycles. The van der Waals surface area contributed by atoms with E-state index < -0.39 is 5.54 Å². The SMILES string of the molecule is CC1CCCCC1NC(=O)C1(C)Cn2c(cc3occc32)C(=O)N1Cc1cccc(Br)c1. The third kappa shape index (κ3) is 3.56. The van der Waals surface area contributed by atoms with Crippen LogP contribution in [0.5, 0.6) is 0 Å². The first-order valence-corrected chi connectivity index (χ1v) is 12.1. The van der Waals surface area contributed by atoms with Crippen LogP contribution in [-0.2, 0) is 17.9 Å². The van der Waals surface area contributed by atoms with E-state index >= 15 is 0 Å². The summed E-state index contributed by atoms with van der Waals surface area (Å²) in [6, 6.07) is 11.7. The average Bonchev–Trinajstić information content (AvgIpc) is 3.35. The van der Waals surface area contributed by atoms with Crippen molar-refractivity contribution in [3.63, 3.8) is 0 Å². The largest absolute Gasteiger partial charge is 0.463 e. The normalized spacial score (nSPS) is 25.7. The van der Waals surface area contributed by atoms with Gasteiger partial charge in [-0.1, -0.05) is 47.8 Å². The number of hydrogen-bond acceptors (Lipinski definition) is 3. The summed E-state index contributed by atoms with van der Waals surface area (Å²) in [6.07, 6.45) is 6.08. The predicted octanol–water partition coefficient (Wildman–Crippen LogP) is 5.11. The van der Waals surface area contributed by atoms with Crippen LogP contribution in [0.3, 0.4) is 0 Å². The number of furan rings is 1. The van der Waals surface area contributed by atoms with E-state index in [-0.39, 0.29) is 17.9 Å². The van der Waals surface area contributed by atoms with Crippen LogP contribution in [0.4, 0.5) is 0 Å². The van der Waals surface area contributed by atoms with Crippen molar-refractivity contribution in [1.29, 1.82) is 0 Å². The molecule has 2 amide bonds. The van der Waals surface area contributed by atoms with E-state index in [1.807, 2.05) is 41.8 Å². The molecule has 3 atom stereocenters. The Kier molecular flexibility index (Phi) is 5.40. The van der Waals surface area contributed by atoms with Crippen molar-refractivity contribution in [2.24, 2.45) is 5.92 Å². The van der Waals surface area contributed by atoms with Gasteiger partial charge in [-0.2, -0.15) is 0 Å². The van der Waals surface area contributed by atoms with Crippen molar-refractivity contribution in [1.82, 2.24) is 14.8 Å². The van der Waals surface area contributed by atoms with E-state index in [2.05, 4.69) is 28.2 Å². The fourth-order valence-electron chi connectivity index (χ4n) is 5.19. The highest BCUT2D eigenvalue weighted by atomic mass is 79.9. The molecule has 2 aromatic heterocycles. The van der Waals surface area contributed by atoms with Crippen molar-refractivity contribution in [3.05, 3.63) is 58.4 Å². The number of carbonyl (C=O) groups excluding carboxylic acids is 2. The third-order valence-electron chi connectivity index (χ3n) is 7.20. The maximum atomic E-state index is 13.8. The molecule has 5 rings (SSSR count). The summed E-state index contributed by atoms with van der Waals surface area (Å²) in [7, 11) is 0. The topological polar surface area (TPSA) is 67.5 Å². The van der Waals surface area contributed by atoms with E-state index in [4.69, 9.17) is 4.42 Å². The molecule has 0 radical (unpaired) electrons. The van der Waals surface area contributed by atoms with Gasteiger partial charge in [0.15, 0.2) is 5.58 Å². The van der Waals surface area contributed by atoms with Gasteiger partial charge >= 0.3 is 0 Å². The Morgan fingerprint density at radius 1 is 1.25 bits per heavy atom. The average molecular weight is 498 g/mol. The van der Waals surface area contributed by atoms with Gasteiger partial charge in [-0.3, -0.25) is 9.59 Å². The number of nitrogens with one attached hydrogen (secondary N) is 1. The van der Waals surface area contributed by atoms with E-state index in [1.54, 1.807) is 17.2 Å². The van der Waals surface area contributed by atoms with Crippen LogP contribution in [0.25, 0.3) is 11.1 Å². The Labute approximate surface area is 196 Å². The van der Waals surface area contributed by atoms with E-state index in [1.165, 1.54) is 6.42 Å². The highest BCUT2D eigenvalue weighted by Gasteiger charge is 2.48. The fourth-order valence-corrected chi connectivity index (χ4v) is 5.64. The molecule has 1 fully saturated rings. The van der Waals surface area contributed by atoms with Crippen molar-refractivity contribution < 1.29 is 14.0 Å². The lowest BCUT2D eigenvalue weighted by Gasteiger charge is -2.45. The first-order valence-electron chi connectivity index (χ1n) is 11.3. The minimum absolute atomic E-state index is 0.0874. The summed E-state index contributed by atoms with van der Waals surface area (Å²) in [6.45, 7) is 4.84. The van der Waals surface area contributed by atoms with Gasteiger partial charge in [0.05, 0.1) is 18.3 Å². The Bertz CT molecular complexity index is 1180. The molecule has 0 bridgehead atoms. The lowest BCUT2D eigenvalue weighted by atomic mass is 9.85. The summed E-state index contributed by atoms with van der Waals surface area (Å²) in [5.41, 5.74) is 2.03. The number of nitrogens with zero attached hydrogens (tertiary/aromatic N) is 2. The van der Waals surface area contributed by atoms with Crippen LogP contribution in [0, 0.1) is 5.92 Å². The predicted molar refractivity (Wildman–Crippen MR) is 126 cm³/mol. The summed E-state index contributed by atoms with van der Waals surface area (Å²) in [4.78, 5) is 29.3. The van der Waals surface area contributed by atoms with E-state index in [0.717, 1.165) is 34.8 Å². The standard InChI is InChI=1S/C25H28BrN3O3/c1-16-6-3-4-9-19(16)27-24(31)25(2)15-28-20-10-11-32-22(20)13-21(28)23(30)29(25)14-17-7-5-8-18(26)12-17/h5,7-8,10-13,16,19H,3-4,6,9,14-15H2,1-2H3,(H,27,31). The van der Waals surface area contributed by atoms with Gasteiger partial charge in [0.25, 0.3) is 5.91 Å². The molecular formula is C25H28BrN3O3. The van der Waals surface area contributed by atoms with E-state index in [0.29, 0.717) is 30.3 Å². The van der Waals surface area contributed by atoms with E-state index in [9.17, 15) is 9.59 Å². The molecule has 3 aromatic rings. The molecule has 1 N–H and O–H groups in total. The second-order valence-electron chi connectivity index (χ2n) is 9.42. The van der Waals surface area contributed by atoms with Crippen molar-refractivity contribution in [2.75, 3.05) is 0 Å². The number of halogens is 1. The third-order valence-corrected chi connectivity index (χ3v) is 7.69. The molecule has 32 heavy (non-hydrogen) atoms. The van der Waals surface area contributed by atoms with Gasteiger partial charge < -0.3 is 19.2 Å². The Morgan fingerprint density at radius 3 is 2.84 bits per heavy atom. The monoisotopic (exact) mass is 497 g/mol.